The Balaban J connectivity index is 3.86. The van der Waals surface area contributed by atoms with Gasteiger partial charge in [0.2, 0.25) is 0 Å². The maximum atomic E-state index is 12.1. The normalized spacial score (nSPS) is 11.8. The van der Waals surface area contributed by atoms with Gasteiger partial charge in [0.15, 0.2) is 6.10 Å². The van der Waals surface area contributed by atoms with Gasteiger partial charge in [-0.15, -0.1) is 0 Å². The minimum Gasteiger partial charge on any atom is -0.462 e. The van der Waals surface area contributed by atoms with E-state index in [2.05, 4.69) is 6.92 Å². The molecule has 37 heavy (non-hydrogen) atoms. The largest absolute Gasteiger partial charge is 0.462 e. The van der Waals surface area contributed by atoms with E-state index in [-0.39, 0.29) is 32.0 Å². The average molecular weight is 529 g/mol. The van der Waals surface area contributed by atoms with Crippen LogP contribution in [0.1, 0.15) is 135 Å². The fourth-order valence-electron chi connectivity index (χ4n) is 4.01. The van der Waals surface area contributed by atoms with Gasteiger partial charge in [-0.05, 0) is 32.4 Å². The number of carbonyl (C=O) groups is 3. The lowest BCUT2D eigenvalue weighted by molar-refractivity contribution is -0.166. The molecule has 1 atom stereocenters. The Labute approximate surface area is 225 Å². The smallest absolute Gasteiger partial charge is 0.306 e. The number of esters is 3. The van der Waals surface area contributed by atoms with E-state index in [1.165, 1.54) is 77.0 Å². The standard InChI is InChI=1S/C29H56N2O6/c1-2-3-4-5-6-7-8-9-10-11-12-13-14-15-16-19-27(32)35-24-26(37-29(34)21-18-23-31)25-36-28(33)20-17-22-30/h26H,2-25,30-31H2,1H3/t26-/m0/s1. The lowest BCUT2D eigenvalue weighted by Gasteiger charge is -2.18. The third kappa shape index (κ3) is 25.7. The molecule has 0 saturated heterocycles. The predicted molar refractivity (Wildman–Crippen MR) is 148 cm³/mol. The zero-order valence-electron chi connectivity index (χ0n) is 23.7. The van der Waals surface area contributed by atoms with Crippen molar-refractivity contribution in [3.63, 3.8) is 0 Å². The van der Waals surface area contributed by atoms with Crippen LogP contribution >= 0.6 is 0 Å². The lowest BCUT2D eigenvalue weighted by Crippen LogP contribution is -2.31. The molecule has 0 heterocycles. The minimum absolute atomic E-state index is 0.129. The van der Waals surface area contributed by atoms with E-state index < -0.39 is 18.0 Å². The molecule has 0 amide bonds. The van der Waals surface area contributed by atoms with Gasteiger partial charge in [0.05, 0.1) is 0 Å². The zero-order chi connectivity index (χ0) is 27.4. The third-order valence-electron chi connectivity index (χ3n) is 6.31. The van der Waals surface area contributed by atoms with Crippen LogP contribution in [0, 0.1) is 0 Å². The molecule has 0 aliphatic rings. The number of unbranched alkanes of at least 4 members (excludes halogenated alkanes) is 14. The summed E-state index contributed by atoms with van der Waals surface area (Å²) in [5.41, 5.74) is 10.8. The van der Waals surface area contributed by atoms with Gasteiger partial charge in [0.25, 0.3) is 0 Å². The second-order valence-electron chi connectivity index (χ2n) is 9.96. The van der Waals surface area contributed by atoms with Crippen LogP contribution in [0.2, 0.25) is 0 Å². The van der Waals surface area contributed by atoms with E-state index in [0.717, 1.165) is 19.3 Å². The number of rotatable bonds is 27. The molecule has 0 aliphatic heterocycles. The molecule has 4 N–H and O–H groups in total. The van der Waals surface area contributed by atoms with Crippen molar-refractivity contribution in [2.24, 2.45) is 11.5 Å². The molecule has 8 heteroatoms. The second kappa shape index (κ2) is 27.4. The Hall–Kier alpha value is -1.67. The lowest BCUT2D eigenvalue weighted by atomic mass is 10.0. The van der Waals surface area contributed by atoms with E-state index in [1.54, 1.807) is 0 Å². The van der Waals surface area contributed by atoms with Crippen molar-refractivity contribution in [2.75, 3.05) is 26.3 Å². The zero-order valence-corrected chi connectivity index (χ0v) is 23.7. The summed E-state index contributed by atoms with van der Waals surface area (Å²) < 4.78 is 15.8. The summed E-state index contributed by atoms with van der Waals surface area (Å²) in [6, 6.07) is 0. The van der Waals surface area contributed by atoms with Crippen molar-refractivity contribution in [1.29, 1.82) is 0 Å². The highest BCUT2D eigenvalue weighted by Crippen LogP contribution is 2.14. The van der Waals surface area contributed by atoms with Crippen LogP contribution in [0.5, 0.6) is 0 Å². The van der Waals surface area contributed by atoms with Crippen LogP contribution in [0.25, 0.3) is 0 Å². The Bertz CT molecular complexity index is 559. The highest BCUT2D eigenvalue weighted by atomic mass is 16.6. The van der Waals surface area contributed by atoms with Crippen LogP contribution in [0.3, 0.4) is 0 Å². The van der Waals surface area contributed by atoms with Crippen LogP contribution in [-0.4, -0.2) is 50.3 Å². The fraction of sp³-hybridized carbons (Fsp3) is 0.897. The summed E-state index contributed by atoms with van der Waals surface area (Å²) in [4.78, 5) is 35.8. The monoisotopic (exact) mass is 528 g/mol. The summed E-state index contributed by atoms with van der Waals surface area (Å²) in [5.74, 6) is -1.20. The van der Waals surface area contributed by atoms with E-state index in [1.807, 2.05) is 0 Å². The molecule has 8 nitrogen and oxygen atoms in total. The van der Waals surface area contributed by atoms with Gasteiger partial charge in [0, 0.05) is 19.3 Å². The number of hydrogen-bond acceptors (Lipinski definition) is 8. The minimum atomic E-state index is -0.822. The van der Waals surface area contributed by atoms with Crippen molar-refractivity contribution < 1.29 is 28.6 Å². The molecule has 0 bridgehead atoms. The van der Waals surface area contributed by atoms with Gasteiger partial charge in [-0.1, -0.05) is 96.8 Å². The molecule has 0 unspecified atom stereocenters. The fourth-order valence-corrected chi connectivity index (χ4v) is 4.01. The molecule has 0 aromatic rings. The van der Waals surface area contributed by atoms with Crippen molar-refractivity contribution >= 4 is 17.9 Å². The van der Waals surface area contributed by atoms with Crippen LogP contribution < -0.4 is 11.5 Å². The molecule has 218 valence electrons. The first kappa shape index (κ1) is 35.3. The number of hydrogen-bond donors (Lipinski definition) is 2. The summed E-state index contributed by atoms with van der Waals surface area (Å²) in [6.07, 6.45) is 19.9. The maximum absolute atomic E-state index is 12.1. The highest BCUT2D eigenvalue weighted by molar-refractivity contribution is 5.71. The van der Waals surface area contributed by atoms with Crippen molar-refractivity contribution in [1.82, 2.24) is 0 Å². The Morgan fingerprint density at radius 3 is 1.27 bits per heavy atom. The number of carbonyl (C=O) groups excluding carboxylic acids is 3. The summed E-state index contributed by atoms with van der Waals surface area (Å²) >= 11 is 0. The topological polar surface area (TPSA) is 131 Å². The van der Waals surface area contributed by atoms with Gasteiger partial charge >= 0.3 is 17.9 Å². The maximum Gasteiger partial charge on any atom is 0.306 e. The van der Waals surface area contributed by atoms with E-state index >= 15 is 0 Å². The summed E-state index contributed by atoms with van der Waals surface area (Å²) in [5, 5.41) is 0. The molecule has 0 aromatic carbocycles. The summed E-state index contributed by atoms with van der Waals surface area (Å²) in [6.45, 7) is 2.75. The van der Waals surface area contributed by atoms with E-state index in [4.69, 9.17) is 25.7 Å². The number of nitrogens with two attached hydrogens (primary N) is 2. The second-order valence-corrected chi connectivity index (χ2v) is 9.96. The Morgan fingerprint density at radius 1 is 0.514 bits per heavy atom. The van der Waals surface area contributed by atoms with Crippen molar-refractivity contribution in [3.05, 3.63) is 0 Å². The van der Waals surface area contributed by atoms with Gasteiger partial charge in [-0.2, -0.15) is 0 Å². The summed E-state index contributed by atoms with van der Waals surface area (Å²) in [7, 11) is 0. The number of ether oxygens (including phenoxy) is 3. The predicted octanol–water partition coefficient (Wildman–Crippen LogP) is 5.72. The molecular formula is C29H56N2O6. The van der Waals surface area contributed by atoms with Crippen LogP contribution in [0.15, 0.2) is 0 Å². The highest BCUT2D eigenvalue weighted by Gasteiger charge is 2.19. The first-order valence-electron chi connectivity index (χ1n) is 14.9. The average Bonchev–Trinajstić information content (AvgIpc) is 2.89. The Kier molecular flexibility index (Phi) is 26.1. The van der Waals surface area contributed by atoms with Gasteiger partial charge in [-0.25, -0.2) is 0 Å². The first-order valence-corrected chi connectivity index (χ1v) is 14.9. The van der Waals surface area contributed by atoms with Gasteiger partial charge < -0.3 is 25.7 Å². The quantitative estimate of drug-likeness (QED) is 0.0786. The van der Waals surface area contributed by atoms with Crippen molar-refractivity contribution in [2.45, 2.75) is 141 Å². The molecule has 0 aromatic heterocycles. The molecule has 0 spiro atoms. The van der Waals surface area contributed by atoms with E-state index in [9.17, 15) is 14.4 Å². The third-order valence-corrected chi connectivity index (χ3v) is 6.31. The molecule has 0 rings (SSSR count). The molecule has 0 aliphatic carbocycles. The van der Waals surface area contributed by atoms with E-state index in [0.29, 0.717) is 32.4 Å². The van der Waals surface area contributed by atoms with Crippen LogP contribution in [0.4, 0.5) is 0 Å². The first-order chi connectivity index (χ1) is 18.0. The SMILES string of the molecule is CCCCCCCCCCCCCCCCCC(=O)OC[C@@H](COC(=O)CCCN)OC(=O)CCCN. The van der Waals surface area contributed by atoms with Crippen molar-refractivity contribution in [3.8, 4) is 0 Å². The van der Waals surface area contributed by atoms with Gasteiger partial charge in [-0.3, -0.25) is 14.4 Å². The molecule has 0 fully saturated rings. The Morgan fingerprint density at radius 2 is 0.865 bits per heavy atom. The molecule has 0 saturated carbocycles. The van der Waals surface area contributed by atoms with Crippen LogP contribution in [-0.2, 0) is 28.6 Å². The van der Waals surface area contributed by atoms with Gasteiger partial charge in [0.1, 0.15) is 13.2 Å². The molecular weight excluding hydrogens is 472 g/mol. The molecule has 0 radical (unpaired) electrons.